The quantitative estimate of drug-likeness (QED) is 0.725. The van der Waals surface area contributed by atoms with E-state index in [1.807, 2.05) is 23.7 Å². The highest BCUT2D eigenvalue weighted by Gasteiger charge is 2.12. The van der Waals surface area contributed by atoms with Crippen molar-refractivity contribution in [1.82, 2.24) is 9.97 Å². The Labute approximate surface area is 109 Å². The first kappa shape index (κ1) is 10.9. The van der Waals surface area contributed by atoms with Gasteiger partial charge in [-0.05, 0) is 23.6 Å². The molecule has 0 fully saturated rings. The summed E-state index contributed by atoms with van der Waals surface area (Å²) in [7, 11) is 0. The van der Waals surface area contributed by atoms with E-state index in [4.69, 9.17) is 6.42 Å². The fourth-order valence-corrected chi connectivity index (χ4v) is 2.64. The number of thiophene rings is 1. The van der Waals surface area contributed by atoms with Crippen LogP contribution in [0.3, 0.4) is 0 Å². The zero-order chi connectivity index (χ0) is 12.4. The van der Waals surface area contributed by atoms with Gasteiger partial charge in [0.15, 0.2) is 0 Å². The molecule has 88 valence electrons. The van der Waals surface area contributed by atoms with Crippen LogP contribution < -0.4 is 4.90 Å². The van der Waals surface area contributed by atoms with Gasteiger partial charge in [0.05, 0.1) is 17.9 Å². The van der Waals surface area contributed by atoms with Gasteiger partial charge in [-0.25, -0.2) is 4.98 Å². The highest BCUT2D eigenvalue weighted by atomic mass is 32.1. The van der Waals surface area contributed by atoms with E-state index in [1.165, 1.54) is 0 Å². The summed E-state index contributed by atoms with van der Waals surface area (Å²) >= 11 is 1.66. The second-order valence-corrected chi connectivity index (χ2v) is 4.62. The Morgan fingerprint density at radius 1 is 1.39 bits per heavy atom. The maximum absolute atomic E-state index is 5.48. The average Bonchev–Trinajstić information content (AvgIpc) is 3.06. The van der Waals surface area contributed by atoms with Crippen LogP contribution in [0.15, 0.2) is 41.4 Å². The van der Waals surface area contributed by atoms with Crippen molar-refractivity contribution < 1.29 is 0 Å². The third-order valence-corrected chi connectivity index (χ3v) is 3.47. The van der Waals surface area contributed by atoms with E-state index in [9.17, 15) is 0 Å². The summed E-state index contributed by atoms with van der Waals surface area (Å²) in [4.78, 5) is 9.53. The Bertz CT molecular complexity index is 691. The first-order valence-corrected chi connectivity index (χ1v) is 6.50. The summed E-state index contributed by atoms with van der Waals surface area (Å²) in [5, 5.41) is 5.23. The number of fused-ring (bicyclic) bond motifs is 1. The maximum atomic E-state index is 5.48. The molecule has 0 aliphatic heterocycles. The van der Waals surface area contributed by atoms with E-state index in [1.54, 1.807) is 17.5 Å². The van der Waals surface area contributed by atoms with Gasteiger partial charge in [-0.2, -0.15) is 11.3 Å². The molecule has 1 N–H and O–H groups in total. The van der Waals surface area contributed by atoms with Crippen LogP contribution in [0.5, 0.6) is 0 Å². The highest BCUT2D eigenvalue weighted by molar-refractivity contribution is 7.08. The minimum atomic E-state index is 0.543. The minimum absolute atomic E-state index is 0.543. The summed E-state index contributed by atoms with van der Waals surface area (Å²) in [6, 6.07) is 6.08. The Morgan fingerprint density at radius 2 is 2.33 bits per heavy atom. The van der Waals surface area contributed by atoms with Crippen molar-refractivity contribution in [2.75, 3.05) is 11.4 Å². The molecule has 3 aromatic heterocycles. The lowest BCUT2D eigenvalue weighted by Crippen LogP contribution is -2.16. The number of terminal acetylenes is 1. The normalized spacial score (nSPS) is 10.4. The second kappa shape index (κ2) is 4.55. The maximum Gasteiger partial charge on any atom is 0.139 e. The molecule has 0 saturated heterocycles. The van der Waals surface area contributed by atoms with Crippen LogP contribution in [0.25, 0.3) is 11.0 Å². The number of rotatable bonds is 3. The van der Waals surface area contributed by atoms with E-state index in [-0.39, 0.29) is 0 Å². The number of H-pyrrole nitrogens is 1. The van der Waals surface area contributed by atoms with Crippen LogP contribution in [0.4, 0.5) is 11.4 Å². The molecule has 18 heavy (non-hydrogen) atoms. The molecule has 3 rings (SSSR count). The number of hydrogen-bond donors (Lipinski definition) is 1. The molecule has 3 aromatic rings. The molecule has 0 aliphatic carbocycles. The van der Waals surface area contributed by atoms with Crippen LogP contribution in [-0.2, 0) is 0 Å². The zero-order valence-electron chi connectivity index (χ0n) is 9.63. The smallest absolute Gasteiger partial charge is 0.139 e. The fourth-order valence-electron chi connectivity index (χ4n) is 2.00. The molecular weight excluding hydrogens is 242 g/mol. The number of pyridine rings is 1. The Kier molecular flexibility index (Phi) is 2.75. The molecule has 0 aliphatic rings. The summed E-state index contributed by atoms with van der Waals surface area (Å²) in [5.74, 6) is 2.71. The van der Waals surface area contributed by atoms with Gasteiger partial charge in [-0.15, -0.1) is 6.42 Å². The predicted octanol–water partition coefficient (Wildman–Crippen LogP) is 3.40. The largest absolute Gasteiger partial charge is 0.346 e. The van der Waals surface area contributed by atoms with Gasteiger partial charge in [-0.1, -0.05) is 5.92 Å². The summed E-state index contributed by atoms with van der Waals surface area (Å²) in [6.45, 7) is 0.543. The van der Waals surface area contributed by atoms with Crippen molar-refractivity contribution in [2.45, 2.75) is 0 Å². The summed E-state index contributed by atoms with van der Waals surface area (Å²) < 4.78 is 0. The van der Waals surface area contributed by atoms with E-state index in [0.717, 1.165) is 22.4 Å². The van der Waals surface area contributed by atoms with E-state index in [2.05, 4.69) is 32.2 Å². The van der Waals surface area contributed by atoms with Crippen LogP contribution in [0.2, 0.25) is 0 Å². The van der Waals surface area contributed by atoms with Gasteiger partial charge in [0, 0.05) is 23.2 Å². The molecule has 0 unspecified atom stereocenters. The van der Waals surface area contributed by atoms with Crippen molar-refractivity contribution in [3.63, 3.8) is 0 Å². The number of nitrogens with one attached hydrogen (secondary N) is 1. The van der Waals surface area contributed by atoms with E-state index < -0.39 is 0 Å². The van der Waals surface area contributed by atoms with Crippen molar-refractivity contribution in [3.8, 4) is 12.3 Å². The van der Waals surface area contributed by atoms with Crippen molar-refractivity contribution in [1.29, 1.82) is 0 Å². The van der Waals surface area contributed by atoms with Crippen LogP contribution in [0.1, 0.15) is 0 Å². The van der Waals surface area contributed by atoms with Gasteiger partial charge < -0.3 is 9.88 Å². The topological polar surface area (TPSA) is 31.9 Å². The molecule has 0 spiro atoms. The number of anilines is 2. The highest BCUT2D eigenvalue weighted by Crippen LogP contribution is 2.31. The van der Waals surface area contributed by atoms with Gasteiger partial charge in [0.1, 0.15) is 5.65 Å². The number of nitrogens with zero attached hydrogens (tertiary/aromatic N) is 2. The Balaban J connectivity index is 2.16. The molecule has 4 heteroatoms. The molecule has 3 heterocycles. The molecule has 3 nitrogen and oxygen atoms in total. The van der Waals surface area contributed by atoms with Crippen LogP contribution in [0, 0.1) is 12.3 Å². The summed E-state index contributed by atoms with van der Waals surface area (Å²) in [5.41, 5.74) is 3.08. The lowest BCUT2D eigenvalue weighted by Gasteiger charge is -2.21. The zero-order valence-corrected chi connectivity index (χ0v) is 10.4. The van der Waals surface area contributed by atoms with Gasteiger partial charge >= 0.3 is 0 Å². The number of aromatic amines is 1. The SMILES string of the molecule is C#CCN(c1ccsc1)c1ccnc2[nH]ccc12. The average molecular weight is 253 g/mol. The monoisotopic (exact) mass is 253 g/mol. The number of hydrogen-bond acceptors (Lipinski definition) is 3. The lowest BCUT2D eigenvalue weighted by molar-refractivity contribution is 1.13. The van der Waals surface area contributed by atoms with Crippen LogP contribution >= 0.6 is 11.3 Å². The number of aromatic nitrogens is 2. The lowest BCUT2D eigenvalue weighted by atomic mass is 10.2. The molecule has 0 saturated carbocycles. The van der Waals surface area contributed by atoms with E-state index in [0.29, 0.717) is 6.54 Å². The first-order chi connectivity index (χ1) is 8.90. The summed E-state index contributed by atoms with van der Waals surface area (Å²) in [6.07, 6.45) is 9.17. The standard InChI is InChI=1S/C14H11N3S/c1-2-8-17(11-5-9-18-10-11)13-4-7-16-14-12(13)3-6-15-14/h1,3-7,9-10H,8H2,(H,15,16). The van der Waals surface area contributed by atoms with Crippen molar-refractivity contribution in [3.05, 3.63) is 41.4 Å². The van der Waals surface area contributed by atoms with E-state index >= 15 is 0 Å². The third kappa shape index (κ3) is 1.75. The van der Waals surface area contributed by atoms with Crippen molar-refractivity contribution in [2.24, 2.45) is 0 Å². The molecule has 0 radical (unpaired) electrons. The third-order valence-electron chi connectivity index (χ3n) is 2.80. The predicted molar refractivity (Wildman–Crippen MR) is 76.3 cm³/mol. The molecule has 0 bridgehead atoms. The van der Waals surface area contributed by atoms with Gasteiger partial charge in [0.2, 0.25) is 0 Å². The Hall–Kier alpha value is -2.25. The minimum Gasteiger partial charge on any atom is -0.346 e. The second-order valence-electron chi connectivity index (χ2n) is 3.84. The molecule has 0 amide bonds. The fraction of sp³-hybridized carbons (Fsp3) is 0.0714. The van der Waals surface area contributed by atoms with Gasteiger partial charge in [0.25, 0.3) is 0 Å². The molecule has 0 aromatic carbocycles. The Morgan fingerprint density at radius 3 is 3.11 bits per heavy atom. The van der Waals surface area contributed by atoms with Crippen LogP contribution in [-0.4, -0.2) is 16.5 Å². The molecule has 0 atom stereocenters. The molecular formula is C14H11N3S. The first-order valence-electron chi connectivity index (χ1n) is 5.55. The van der Waals surface area contributed by atoms with Crippen molar-refractivity contribution >= 4 is 33.7 Å². The van der Waals surface area contributed by atoms with Gasteiger partial charge in [-0.3, -0.25) is 0 Å².